The van der Waals surface area contributed by atoms with Gasteiger partial charge in [0.15, 0.2) is 0 Å². The van der Waals surface area contributed by atoms with Crippen LogP contribution in [-0.4, -0.2) is 32.6 Å². The van der Waals surface area contributed by atoms with Crippen molar-refractivity contribution in [3.05, 3.63) is 72.6 Å². The summed E-state index contributed by atoms with van der Waals surface area (Å²) in [5, 5.41) is 0.784. The molecule has 2 nitrogen and oxygen atoms in total. The van der Waals surface area contributed by atoms with Crippen molar-refractivity contribution in [3.8, 4) is 0 Å². The second-order valence-corrected chi connectivity index (χ2v) is 15.4. The lowest BCUT2D eigenvalue weighted by Crippen LogP contribution is -2.32. The second kappa shape index (κ2) is 10.5. The average molecular weight is 453 g/mol. The van der Waals surface area contributed by atoms with E-state index < -0.39 is 7.92 Å². The highest BCUT2D eigenvalue weighted by atomic mass is 31.1. The van der Waals surface area contributed by atoms with Crippen LogP contribution in [0.5, 0.6) is 0 Å². The molecule has 2 aromatic rings. The summed E-state index contributed by atoms with van der Waals surface area (Å²) in [6.45, 7) is 14.7. The lowest BCUT2D eigenvalue weighted by molar-refractivity contribution is 0.597. The van der Waals surface area contributed by atoms with E-state index in [0.29, 0.717) is 16.2 Å². The van der Waals surface area contributed by atoms with E-state index in [9.17, 15) is 0 Å². The normalized spacial score (nSPS) is 16.9. The Morgan fingerprint density at radius 3 is 1.84 bits per heavy atom. The van der Waals surface area contributed by atoms with E-state index in [-0.39, 0.29) is 7.92 Å². The standard InChI is InChI=1S/C27H38N2P2/c1-7-26(3,4)31(27(5,6)8-2)21-23-15-13-14-22(23)20-30(24-16-9-11-18-28-24)25-17-10-12-19-29-25/h9-19,23H,7-8,20-21H2,1-6H3. The molecule has 0 amide bonds. The summed E-state index contributed by atoms with van der Waals surface area (Å²) in [7, 11) is -0.735. The Balaban J connectivity index is 1.86. The molecular weight excluding hydrogens is 414 g/mol. The maximum Gasteiger partial charge on any atom is 0.0695 e. The topological polar surface area (TPSA) is 25.8 Å². The first-order valence-corrected chi connectivity index (χ1v) is 14.6. The zero-order valence-corrected chi connectivity index (χ0v) is 21.8. The van der Waals surface area contributed by atoms with Gasteiger partial charge in [-0.15, -0.1) is 0 Å². The molecule has 0 aliphatic heterocycles. The van der Waals surface area contributed by atoms with Gasteiger partial charge >= 0.3 is 0 Å². The molecule has 0 aromatic carbocycles. The minimum Gasteiger partial charge on any atom is -0.256 e. The molecule has 31 heavy (non-hydrogen) atoms. The van der Waals surface area contributed by atoms with Crippen LogP contribution in [0.2, 0.25) is 0 Å². The SMILES string of the molecule is CCC(C)(C)P(CC1C=CC=C1CP(c1ccccn1)c1ccccn1)C(C)(C)CC. The van der Waals surface area contributed by atoms with E-state index in [0.717, 1.165) is 6.16 Å². The van der Waals surface area contributed by atoms with Gasteiger partial charge in [-0.3, -0.25) is 9.97 Å². The summed E-state index contributed by atoms with van der Waals surface area (Å²) < 4.78 is 0. The van der Waals surface area contributed by atoms with Crippen molar-refractivity contribution < 1.29 is 0 Å². The Hall–Kier alpha value is -1.36. The van der Waals surface area contributed by atoms with Crippen LogP contribution >= 0.6 is 15.8 Å². The first-order chi connectivity index (χ1) is 14.8. The van der Waals surface area contributed by atoms with Crippen LogP contribution in [0.1, 0.15) is 54.4 Å². The fraction of sp³-hybridized carbons (Fsp3) is 0.481. The number of aromatic nitrogens is 2. The minimum atomic E-state index is -0.600. The smallest absolute Gasteiger partial charge is 0.0695 e. The quantitative estimate of drug-likeness (QED) is 0.367. The number of rotatable bonds is 10. The largest absolute Gasteiger partial charge is 0.256 e. The Morgan fingerprint density at radius 1 is 0.839 bits per heavy atom. The number of allylic oxidation sites excluding steroid dienone is 4. The van der Waals surface area contributed by atoms with E-state index in [1.54, 1.807) is 5.57 Å². The molecule has 166 valence electrons. The second-order valence-electron chi connectivity index (χ2n) is 9.64. The van der Waals surface area contributed by atoms with Crippen molar-refractivity contribution in [1.82, 2.24) is 9.97 Å². The molecule has 1 aliphatic carbocycles. The summed E-state index contributed by atoms with van der Waals surface area (Å²) in [4.78, 5) is 9.47. The lowest BCUT2D eigenvalue weighted by Gasteiger charge is -2.46. The van der Waals surface area contributed by atoms with E-state index in [4.69, 9.17) is 9.97 Å². The predicted octanol–water partition coefficient (Wildman–Crippen LogP) is 6.88. The van der Waals surface area contributed by atoms with Crippen molar-refractivity contribution >= 4 is 26.7 Å². The molecule has 4 heteroatoms. The summed E-state index contributed by atoms with van der Waals surface area (Å²) >= 11 is 0. The zero-order chi connectivity index (χ0) is 22.5. The van der Waals surface area contributed by atoms with Crippen molar-refractivity contribution in [2.24, 2.45) is 5.92 Å². The Morgan fingerprint density at radius 2 is 1.39 bits per heavy atom. The third-order valence-corrected chi connectivity index (χ3v) is 13.5. The molecule has 3 rings (SSSR count). The van der Waals surface area contributed by atoms with Crippen molar-refractivity contribution in [3.63, 3.8) is 0 Å². The van der Waals surface area contributed by atoms with E-state index >= 15 is 0 Å². The van der Waals surface area contributed by atoms with Gasteiger partial charge in [0.25, 0.3) is 0 Å². The molecule has 1 unspecified atom stereocenters. The van der Waals surface area contributed by atoms with E-state index in [1.165, 1.54) is 29.9 Å². The molecule has 0 radical (unpaired) electrons. The molecule has 1 aliphatic rings. The maximum absolute atomic E-state index is 4.73. The van der Waals surface area contributed by atoms with E-state index in [2.05, 4.69) is 84.0 Å². The summed E-state index contributed by atoms with van der Waals surface area (Å²) in [5.41, 5.74) is 3.91. The average Bonchev–Trinajstić information content (AvgIpc) is 3.23. The van der Waals surface area contributed by atoms with Crippen LogP contribution in [0.25, 0.3) is 0 Å². The van der Waals surface area contributed by atoms with Gasteiger partial charge in [-0.25, -0.2) is 0 Å². The Kier molecular flexibility index (Phi) is 8.23. The molecule has 1 atom stereocenters. The van der Waals surface area contributed by atoms with Gasteiger partial charge in [0, 0.05) is 32.4 Å². The van der Waals surface area contributed by atoms with Gasteiger partial charge in [0.05, 0.1) is 10.9 Å². The van der Waals surface area contributed by atoms with Crippen molar-refractivity contribution in [2.45, 2.75) is 64.7 Å². The van der Waals surface area contributed by atoms with Crippen LogP contribution in [0.4, 0.5) is 0 Å². The third-order valence-electron chi connectivity index (χ3n) is 6.89. The summed E-state index contributed by atoms with van der Waals surface area (Å²) in [5.74, 6) is 0.542. The van der Waals surface area contributed by atoms with Crippen LogP contribution in [0, 0.1) is 5.92 Å². The van der Waals surface area contributed by atoms with Gasteiger partial charge in [-0.1, -0.05) is 85.4 Å². The van der Waals surface area contributed by atoms with Gasteiger partial charge in [-0.05, 0) is 53.6 Å². The molecule has 2 aromatic heterocycles. The first-order valence-electron chi connectivity index (χ1n) is 11.5. The molecule has 0 fully saturated rings. The van der Waals surface area contributed by atoms with Crippen LogP contribution in [0.15, 0.2) is 72.6 Å². The van der Waals surface area contributed by atoms with Crippen molar-refractivity contribution in [1.29, 1.82) is 0 Å². The van der Waals surface area contributed by atoms with E-state index in [1.807, 2.05) is 24.5 Å². The fourth-order valence-electron chi connectivity index (χ4n) is 4.29. The highest BCUT2D eigenvalue weighted by molar-refractivity contribution is 7.72. The molecule has 0 spiro atoms. The monoisotopic (exact) mass is 452 g/mol. The lowest BCUT2D eigenvalue weighted by atomic mass is 10.1. The predicted molar refractivity (Wildman–Crippen MR) is 141 cm³/mol. The van der Waals surface area contributed by atoms with Crippen LogP contribution in [-0.2, 0) is 0 Å². The Labute approximate surface area is 192 Å². The number of hydrogen-bond donors (Lipinski definition) is 0. The minimum absolute atomic E-state index is 0.135. The molecule has 0 saturated heterocycles. The Bertz CT molecular complexity index is 832. The molecule has 0 saturated carbocycles. The fourth-order valence-corrected chi connectivity index (χ4v) is 10.6. The summed E-state index contributed by atoms with van der Waals surface area (Å²) in [6.07, 6.45) is 15.8. The van der Waals surface area contributed by atoms with Gasteiger partial charge in [-0.2, -0.15) is 0 Å². The van der Waals surface area contributed by atoms with Crippen LogP contribution in [0.3, 0.4) is 0 Å². The van der Waals surface area contributed by atoms with Crippen molar-refractivity contribution in [2.75, 3.05) is 12.3 Å². The molecule has 2 heterocycles. The van der Waals surface area contributed by atoms with Crippen LogP contribution < -0.4 is 10.9 Å². The molecule has 0 bridgehead atoms. The number of pyridine rings is 2. The van der Waals surface area contributed by atoms with Gasteiger partial charge in [0.1, 0.15) is 0 Å². The number of nitrogens with zero attached hydrogens (tertiary/aromatic N) is 2. The zero-order valence-electron chi connectivity index (χ0n) is 20.0. The third kappa shape index (κ3) is 5.91. The number of hydrogen-bond acceptors (Lipinski definition) is 2. The summed E-state index contributed by atoms with van der Waals surface area (Å²) in [6, 6.07) is 12.6. The van der Waals surface area contributed by atoms with Gasteiger partial charge < -0.3 is 0 Å². The first kappa shape index (κ1) is 24.3. The highest BCUT2D eigenvalue weighted by Gasteiger charge is 2.40. The maximum atomic E-state index is 4.73. The van der Waals surface area contributed by atoms with Gasteiger partial charge in [0.2, 0.25) is 0 Å². The highest BCUT2D eigenvalue weighted by Crippen LogP contribution is 2.63. The molecule has 0 N–H and O–H groups in total. The molecular formula is C27H38N2P2.